The molecule has 7 nitrogen and oxygen atoms in total. The second-order valence-electron chi connectivity index (χ2n) is 7.56. The van der Waals surface area contributed by atoms with E-state index in [4.69, 9.17) is 9.47 Å². The van der Waals surface area contributed by atoms with Crippen LogP contribution in [0.15, 0.2) is 34.6 Å². The summed E-state index contributed by atoms with van der Waals surface area (Å²) in [6.07, 6.45) is 0.0600. The Morgan fingerprint density at radius 2 is 2.00 bits per heavy atom. The Balaban J connectivity index is 2.64. The van der Waals surface area contributed by atoms with Crippen LogP contribution in [0.2, 0.25) is 0 Å². The van der Waals surface area contributed by atoms with E-state index < -0.39 is 29.7 Å². The number of aliphatic hydroxyl groups excluding tert-OH is 2. The number of ether oxygens (including phenoxy) is 2. The van der Waals surface area contributed by atoms with E-state index in [9.17, 15) is 24.6 Å². The van der Waals surface area contributed by atoms with Gasteiger partial charge in [-0.15, -0.1) is 0 Å². The quantitative estimate of drug-likeness (QED) is 0.439. The molecule has 1 aliphatic heterocycles. The van der Waals surface area contributed by atoms with Crippen molar-refractivity contribution in [2.24, 2.45) is 11.3 Å². The summed E-state index contributed by atoms with van der Waals surface area (Å²) in [5.41, 5.74) is -0.108. The SMILES string of the molecule is CC(C)=CC(=O)OC(C1=C(C)C(=O)OC1O)C1(C)C(=CO)C(=O)CCC1C. The van der Waals surface area contributed by atoms with Crippen LogP contribution in [0.5, 0.6) is 0 Å². The third kappa shape index (κ3) is 3.69. The number of hydrogen-bond donors (Lipinski definition) is 2. The molecule has 0 aromatic rings. The molecular formula is C20H26O7. The number of carbonyl (C=O) groups excluding carboxylic acids is 3. The summed E-state index contributed by atoms with van der Waals surface area (Å²) in [5, 5.41) is 20.0. The van der Waals surface area contributed by atoms with E-state index in [2.05, 4.69) is 0 Å². The van der Waals surface area contributed by atoms with Gasteiger partial charge in [-0.05, 0) is 33.1 Å². The summed E-state index contributed by atoms with van der Waals surface area (Å²) in [7, 11) is 0. The van der Waals surface area contributed by atoms with Gasteiger partial charge in [0.2, 0.25) is 6.29 Å². The Morgan fingerprint density at radius 1 is 1.37 bits per heavy atom. The highest BCUT2D eigenvalue weighted by Crippen LogP contribution is 2.50. The molecule has 1 heterocycles. The van der Waals surface area contributed by atoms with E-state index in [1.807, 2.05) is 6.92 Å². The zero-order valence-electron chi connectivity index (χ0n) is 16.2. The van der Waals surface area contributed by atoms with E-state index in [1.54, 1.807) is 20.8 Å². The second kappa shape index (κ2) is 7.68. The van der Waals surface area contributed by atoms with Crippen molar-refractivity contribution in [3.05, 3.63) is 34.6 Å². The van der Waals surface area contributed by atoms with Crippen molar-refractivity contribution in [2.45, 2.75) is 59.9 Å². The Bertz CT molecular complexity index is 754. The number of cyclic esters (lactones) is 1. The predicted molar refractivity (Wildman–Crippen MR) is 96.3 cm³/mol. The van der Waals surface area contributed by atoms with Crippen molar-refractivity contribution in [1.82, 2.24) is 0 Å². The van der Waals surface area contributed by atoms with Crippen LogP contribution in [-0.2, 0) is 23.9 Å². The number of carbonyl (C=O) groups is 3. The van der Waals surface area contributed by atoms with Gasteiger partial charge in [0.1, 0.15) is 6.10 Å². The molecule has 2 rings (SSSR count). The van der Waals surface area contributed by atoms with Crippen molar-refractivity contribution >= 4 is 17.7 Å². The molecule has 4 unspecified atom stereocenters. The first-order valence-corrected chi connectivity index (χ1v) is 8.87. The number of hydrogen-bond acceptors (Lipinski definition) is 7. The van der Waals surface area contributed by atoms with E-state index in [1.165, 1.54) is 13.0 Å². The molecule has 0 spiro atoms. The minimum absolute atomic E-state index is 0.0962. The fourth-order valence-electron chi connectivity index (χ4n) is 3.74. The largest absolute Gasteiger partial charge is 0.515 e. The summed E-state index contributed by atoms with van der Waals surface area (Å²) >= 11 is 0. The van der Waals surface area contributed by atoms with Crippen molar-refractivity contribution in [3.63, 3.8) is 0 Å². The highest BCUT2D eigenvalue weighted by atomic mass is 16.6. The molecular weight excluding hydrogens is 352 g/mol. The molecule has 2 aliphatic rings. The van der Waals surface area contributed by atoms with Gasteiger partial charge < -0.3 is 19.7 Å². The van der Waals surface area contributed by atoms with Crippen LogP contribution in [0, 0.1) is 11.3 Å². The lowest BCUT2D eigenvalue weighted by Crippen LogP contribution is -2.49. The molecule has 148 valence electrons. The Labute approximate surface area is 158 Å². The maximum absolute atomic E-state index is 12.4. The molecule has 0 aromatic carbocycles. The Morgan fingerprint density at radius 3 is 2.48 bits per heavy atom. The van der Waals surface area contributed by atoms with Gasteiger partial charge in [0.15, 0.2) is 5.78 Å². The monoisotopic (exact) mass is 378 g/mol. The van der Waals surface area contributed by atoms with Gasteiger partial charge in [-0.1, -0.05) is 19.4 Å². The number of ketones is 1. The van der Waals surface area contributed by atoms with Gasteiger partial charge in [-0.3, -0.25) is 4.79 Å². The summed E-state index contributed by atoms with van der Waals surface area (Å²) < 4.78 is 10.5. The first kappa shape index (κ1) is 20.9. The van der Waals surface area contributed by atoms with Crippen molar-refractivity contribution in [1.29, 1.82) is 0 Å². The average molecular weight is 378 g/mol. The third-order valence-corrected chi connectivity index (χ3v) is 5.53. The smallest absolute Gasteiger partial charge is 0.336 e. The van der Waals surface area contributed by atoms with Crippen molar-refractivity contribution in [2.75, 3.05) is 0 Å². The fraction of sp³-hybridized carbons (Fsp3) is 0.550. The maximum Gasteiger partial charge on any atom is 0.336 e. The first-order valence-electron chi connectivity index (χ1n) is 8.87. The van der Waals surface area contributed by atoms with Crippen LogP contribution < -0.4 is 0 Å². The Kier molecular flexibility index (Phi) is 5.94. The molecule has 27 heavy (non-hydrogen) atoms. The van der Waals surface area contributed by atoms with Gasteiger partial charge in [-0.2, -0.15) is 0 Å². The second-order valence-corrected chi connectivity index (χ2v) is 7.56. The van der Waals surface area contributed by atoms with E-state index in [0.29, 0.717) is 12.0 Å². The summed E-state index contributed by atoms with van der Waals surface area (Å²) in [6.45, 7) is 8.48. The fourth-order valence-corrected chi connectivity index (χ4v) is 3.74. The predicted octanol–water partition coefficient (Wildman–Crippen LogP) is 2.50. The van der Waals surface area contributed by atoms with Gasteiger partial charge in [0.05, 0.1) is 6.26 Å². The first-order chi connectivity index (χ1) is 12.5. The molecule has 0 aromatic heterocycles. The maximum atomic E-state index is 12.4. The van der Waals surface area contributed by atoms with Crippen LogP contribution in [0.25, 0.3) is 0 Å². The third-order valence-electron chi connectivity index (χ3n) is 5.53. The highest BCUT2D eigenvalue weighted by Gasteiger charge is 2.54. The highest BCUT2D eigenvalue weighted by molar-refractivity contribution is 5.98. The van der Waals surface area contributed by atoms with Crippen molar-refractivity contribution in [3.8, 4) is 0 Å². The Hall–Kier alpha value is -2.41. The van der Waals surface area contributed by atoms with E-state index in [-0.39, 0.29) is 34.8 Å². The summed E-state index contributed by atoms with van der Waals surface area (Å²) in [4.78, 5) is 36.8. The van der Waals surface area contributed by atoms with Crippen molar-refractivity contribution < 1.29 is 34.1 Å². The normalized spacial score (nSPS) is 31.0. The standard InChI is InChI=1S/C20H26O7/c1-10(2)8-15(23)26-17(16-12(4)18(24)27-19(16)25)20(5)11(3)6-7-14(22)13(20)9-21/h8-9,11,17,19,21,25H,6-7H2,1-5H3. The van der Waals surface area contributed by atoms with Crippen LogP contribution in [-0.4, -0.2) is 40.3 Å². The van der Waals surface area contributed by atoms with Gasteiger partial charge >= 0.3 is 11.9 Å². The minimum atomic E-state index is -1.58. The van der Waals surface area contributed by atoms with E-state index >= 15 is 0 Å². The van der Waals surface area contributed by atoms with Gasteiger partial charge in [0, 0.05) is 34.6 Å². The van der Waals surface area contributed by atoms with Gasteiger partial charge in [-0.25, -0.2) is 9.59 Å². The molecule has 2 N–H and O–H groups in total. The molecule has 0 saturated heterocycles. The molecule has 1 fully saturated rings. The lowest BCUT2D eigenvalue weighted by Gasteiger charge is -2.45. The number of rotatable bonds is 4. The topological polar surface area (TPSA) is 110 Å². The van der Waals surface area contributed by atoms with Gasteiger partial charge in [0.25, 0.3) is 0 Å². The molecule has 0 radical (unpaired) electrons. The molecule has 4 atom stereocenters. The lowest BCUT2D eigenvalue weighted by atomic mass is 9.60. The van der Waals surface area contributed by atoms with Crippen LogP contribution in [0.4, 0.5) is 0 Å². The molecule has 7 heteroatoms. The van der Waals surface area contributed by atoms with Crippen LogP contribution >= 0.6 is 0 Å². The minimum Gasteiger partial charge on any atom is -0.515 e. The van der Waals surface area contributed by atoms with E-state index in [0.717, 1.165) is 6.26 Å². The number of esters is 2. The molecule has 0 bridgehead atoms. The zero-order valence-corrected chi connectivity index (χ0v) is 16.2. The number of aliphatic hydroxyl groups is 2. The van der Waals surface area contributed by atoms with Crippen LogP contribution in [0.3, 0.4) is 0 Å². The average Bonchev–Trinajstić information content (AvgIpc) is 2.81. The summed E-state index contributed by atoms with van der Waals surface area (Å²) in [5.74, 6) is -1.83. The number of Topliss-reactive ketones (excluding diaryl/α,β-unsaturated/α-hetero) is 1. The zero-order chi connectivity index (χ0) is 20.5. The molecule has 0 amide bonds. The molecule has 1 aliphatic carbocycles. The van der Waals surface area contributed by atoms with Crippen LogP contribution in [0.1, 0.15) is 47.5 Å². The molecule has 1 saturated carbocycles. The summed E-state index contributed by atoms with van der Waals surface area (Å²) in [6, 6.07) is 0. The number of allylic oxidation sites excluding steroid dienone is 1. The lowest BCUT2D eigenvalue weighted by molar-refractivity contribution is -0.158.